The topological polar surface area (TPSA) is 111 Å². The molecule has 6 nitrogen and oxygen atoms in total. The molecule has 0 spiro atoms. The monoisotopic (exact) mass is 360 g/mol. The van der Waals surface area contributed by atoms with E-state index in [2.05, 4.69) is 15.3 Å². The van der Waals surface area contributed by atoms with Crippen LogP contribution in [0.4, 0.5) is 15.8 Å². The van der Waals surface area contributed by atoms with Crippen molar-refractivity contribution >= 4 is 17.6 Å². The van der Waals surface area contributed by atoms with Gasteiger partial charge >= 0.3 is 0 Å². The second kappa shape index (κ2) is 8.17. The molecule has 0 bridgehead atoms. The maximum atomic E-state index is 13.5. The Bertz CT molecular complexity index is 1010. The van der Waals surface area contributed by atoms with Crippen LogP contribution in [0.5, 0.6) is 0 Å². The predicted molar refractivity (Wildman–Crippen MR) is 101 cm³/mol. The fraction of sp³-hybridized carbons (Fsp3) is 0.100. The molecular formula is C20H17FN6. The molecule has 0 radical (unpaired) electrons. The molecule has 2 aromatic heterocycles. The molecule has 1 aromatic carbocycles. The van der Waals surface area contributed by atoms with Crippen molar-refractivity contribution in [1.82, 2.24) is 9.97 Å². The lowest BCUT2D eigenvalue weighted by atomic mass is 10.1. The van der Waals surface area contributed by atoms with Gasteiger partial charge in [0, 0.05) is 35.8 Å². The first-order valence-electron chi connectivity index (χ1n) is 8.25. The summed E-state index contributed by atoms with van der Waals surface area (Å²) in [6.07, 6.45) is 3.21. The van der Waals surface area contributed by atoms with E-state index in [0.717, 1.165) is 11.3 Å². The summed E-state index contributed by atoms with van der Waals surface area (Å²) in [5.41, 5.74) is 9.40. The zero-order valence-corrected chi connectivity index (χ0v) is 14.4. The fourth-order valence-corrected chi connectivity index (χ4v) is 2.70. The van der Waals surface area contributed by atoms with E-state index in [1.54, 1.807) is 18.3 Å². The van der Waals surface area contributed by atoms with Crippen LogP contribution in [0.15, 0.2) is 54.7 Å². The standard InChI is InChI=1S/C20H17FN6/c21-15-8-7-14(26-19(15)12-23)10-16(24)20-18(6-3-9-25-20)27-17-5-2-1-4-13(17)11-22/h1-9,11,16,22,27H,10,24H2. The lowest BCUT2D eigenvalue weighted by Gasteiger charge is -2.17. The first kappa shape index (κ1) is 18.2. The maximum Gasteiger partial charge on any atom is 0.176 e. The summed E-state index contributed by atoms with van der Waals surface area (Å²) >= 11 is 0. The van der Waals surface area contributed by atoms with Gasteiger partial charge in [0.2, 0.25) is 0 Å². The van der Waals surface area contributed by atoms with E-state index in [0.29, 0.717) is 23.5 Å². The average molecular weight is 360 g/mol. The summed E-state index contributed by atoms with van der Waals surface area (Å²) in [4.78, 5) is 8.38. The Labute approximate surface area is 156 Å². The molecule has 4 N–H and O–H groups in total. The number of rotatable bonds is 6. The van der Waals surface area contributed by atoms with Crippen LogP contribution in [-0.2, 0) is 6.42 Å². The van der Waals surface area contributed by atoms with Crippen molar-refractivity contribution in [3.63, 3.8) is 0 Å². The van der Waals surface area contributed by atoms with Crippen LogP contribution < -0.4 is 11.1 Å². The van der Waals surface area contributed by atoms with Crippen molar-refractivity contribution in [3.05, 3.63) is 83.2 Å². The van der Waals surface area contributed by atoms with Crippen LogP contribution >= 0.6 is 0 Å². The molecule has 0 saturated carbocycles. The Hall–Kier alpha value is -3.63. The molecule has 0 aliphatic rings. The Morgan fingerprint density at radius 3 is 2.74 bits per heavy atom. The number of hydrogen-bond donors (Lipinski definition) is 3. The molecule has 0 aliphatic carbocycles. The molecule has 7 heteroatoms. The largest absolute Gasteiger partial charge is 0.353 e. The molecule has 3 rings (SSSR count). The number of nitrogens with one attached hydrogen (secondary N) is 2. The number of anilines is 2. The molecule has 1 unspecified atom stereocenters. The molecule has 3 aromatic rings. The summed E-state index contributed by atoms with van der Waals surface area (Å²) in [6, 6.07) is 15.0. The van der Waals surface area contributed by atoms with Gasteiger partial charge < -0.3 is 16.5 Å². The van der Waals surface area contributed by atoms with Gasteiger partial charge in [-0.3, -0.25) is 4.98 Å². The molecule has 27 heavy (non-hydrogen) atoms. The molecule has 0 aliphatic heterocycles. The molecular weight excluding hydrogens is 343 g/mol. The van der Waals surface area contributed by atoms with E-state index < -0.39 is 11.9 Å². The smallest absolute Gasteiger partial charge is 0.176 e. The summed E-state index contributed by atoms with van der Waals surface area (Å²) < 4.78 is 13.5. The van der Waals surface area contributed by atoms with Crippen molar-refractivity contribution in [2.75, 3.05) is 5.32 Å². The summed E-state index contributed by atoms with van der Waals surface area (Å²) in [6.45, 7) is 0. The molecule has 0 fully saturated rings. The highest BCUT2D eigenvalue weighted by Gasteiger charge is 2.16. The van der Waals surface area contributed by atoms with Gasteiger partial charge in [-0.2, -0.15) is 5.26 Å². The second-order valence-electron chi connectivity index (χ2n) is 5.85. The number of nitrogens with zero attached hydrogens (tertiary/aromatic N) is 3. The molecule has 0 amide bonds. The van der Waals surface area contributed by atoms with E-state index in [4.69, 9.17) is 16.4 Å². The second-order valence-corrected chi connectivity index (χ2v) is 5.85. The quantitative estimate of drug-likeness (QED) is 0.583. The van der Waals surface area contributed by atoms with Gasteiger partial charge in [-0.25, -0.2) is 9.37 Å². The van der Waals surface area contributed by atoms with E-state index in [9.17, 15) is 4.39 Å². The van der Waals surface area contributed by atoms with Gasteiger partial charge in [-0.15, -0.1) is 0 Å². The third-order valence-electron chi connectivity index (χ3n) is 4.01. The number of pyridine rings is 2. The zero-order valence-electron chi connectivity index (χ0n) is 14.4. The van der Waals surface area contributed by atoms with Crippen molar-refractivity contribution in [2.24, 2.45) is 5.73 Å². The summed E-state index contributed by atoms with van der Waals surface area (Å²) in [5, 5.41) is 19.7. The van der Waals surface area contributed by atoms with Gasteiger partial charge in [0.05, 0.1) is 17.4 Å². The van der Waals surface area contributed by atoms with E-state index in [1.807, 2.05) is 30.3 Å². The van der Waals surface area contributed by atoms with Crippen molar-refractivity contribution < 1.29 is 4.39 Å². The van der Waals surface area contributed by atoms with Crippen LogP contribution in [-0.4, -0.2) is 16.2 Å². The van der Waals surface area contributed by atoms with Crippen LogP contribution in [0.1, 0.15) is 28.7 Å². The number of nitriles is 1. The fourth-order valence-electron chi connectivity index (χ4n) is 2.70. The number of hydrogen-bond acceptors (Lipinski definition) is 6. The number of aromatic nitrogens is 2. The van der Waals surface area contributed by atoms with E-state index >= 15 is 0 Å². The lowest BCUT2D eigenvalue weighted by Crippen LogP contribution is -2.17. The number of benzene rings is 1. The van der Waals surface area contributed by atoms with E-state index in [1.165, 1.54) is 18.3 Å². The van der Waals surface area contributed by atoms with Crippen molar-refractivity contribution in [2.45, 2.75) is 12.5 Å². The highest BCUT2D eigenvalue weighted by atomic mass is 19.1. The van der Waals surface area contributed by atoms with Gasteiger partial charge in [-0.05, 0) is 30.3 Å². The summed E-state index contributed by atoms with van der Waals surface area (Å²) in [7, 11) is 0. The number of nitrogens with two attached hydrogens (primary N) is 1. The van der Waals surface area contributed by atoms with Crippen molar-refractivity contribution in [3.8, 4) is 6.07 Å². The van der Waals surface area contributed by atoms with E-state index in [-0.39, 0.29) is 5.69 Å². The van der Waals surface area contributed by atoms with Gasteiger partial charge in [-0.1, -0.05) is 18.2 Å². The normalized spacial score (nSPS) is 11.4. The minimum Gasteiger partial charge on any atom is -0.353 e. The summed E-state index contributed by atoms with van der Waals surface area (Å²) in [5.74, 6) is -0.654. The maximum absolute atomic E-state index is 13.5. The van der Waals surface area contributed by atoms with Gasteiger partial charge in [0.25, 0.3) is 0 Å². The Kier molecular flexibility index (Phi) is 5.50. The Morgan fingerprint density at radius 1 is 1.19 bits per heavy atom. The van der Waals surface area contributed by atoms with Crippen molar-refractivity contribution in [1.29, 1.82) is 10.7 Å². The average Bonchev–Trinajstić information content (AvgIpc) is 2.70. The molecule has 134 valence electrons. The predicted octanol–water partition coefficient (Wildman–Crippen LogP) is 3.47. The van der Waals surface area contributed by atoms with Gasteiger partial charge in [0.1, 0.15) is 6.07 Å². The molecule has 2 heterocycles. The van der Waals surface area contributed by atoms with Crippen LogP contribution in [0, 0.1) is 22.6 Å². The Morgan fingerprint density at radius 2 is 1.96 bits per heavy atom. The third-order valence-corrected chi connectivity index (χ3v) is 4.01. The molecule has 1 atom stereocenters. The SMILES string of the molecule is N#Cc1nc(CC(N)c2ncccc2Nc2ccccc2C=N)ccc1F. The zero-order chi connectivity index (χ0) is 19.2. The Balaban J connectivity index is 1.87. The minimum absolute atomic E-state index is 0.251. The van der Waals surface area contributed by atoms with Crippen LogP contribution in [0.2, 0.25) is 0 Å². The highest BCUT2D eigenvalue weighted by Crippen LogP contribution is 2.26. The lowest BCUT2D eigenvalue weighted by molar-refractivity contribution is 0.609. The highest BCUT2D eigenvalue weighted by molar-refractivity contribution is 5.87. The number of halogens is 1. The van der Waals surface area contributed by atoms with Crippen LogP contribution in [0.25, 0.3) is 0 Å². The molecule has 0 saturated heterocycles. The minimum atomic E-state index is -0.654. The van der Waals surface area contributed by atoms with Gasteiger partial charge in [0.15, 0.2) is 11.5 Å². The van der Waals surface area contributed by atoms with Crippen LogP contribution in [0.3, 0.4) is 0 Å². The first-order chi connectivity index (χ1) is 13.1. The number of para-hydroxylation sites is 1. The third kappa shape index (κ3) is 4.14. The first-order valence-corrected chi connectivity index (χ1v) is 8.25.